The van der Waals surface area contributed by atoms with Crippen LogP contribution in [0.25, 0.3) is 0 Å². The molecule has 1 fully saturated rings. The lowest BCUT2D eigenvalue weighted by Crippen LogP contribution is -2.50. The van der Waals surface area contributed by atoms with Gasteiger partial charge < -0.3 is 15.4 Å². The average Bonchev–Trinajstić information content (AvgIpc) is 2.48. The molecule has 5 heteroatoms. The third kappa shape index (κ3) is 4.05. The first kappa shape index (κ1) is 16.5. The van der Waals surface area contributed by atoms with E-state index in [1.165, 1.54) is 0 Å². The number of halogens is 1. The summed E-state index contributed by atoms with van der Waals surface area (Å²) < 4.78 is 6.34. The SMILES string of the molecule is COCC1(C(=O)N[C@@H](C)c2cccc(Br)c2)CCNCC1. The smallest absolute Gasteiger partial charge is 0.229 e. The minimum atomic E-state index is -0.403. The molecule has 116 valence electrons. The molecule has 0 bridgehead atoms. The van der Waals surface area contributed by atoms with Gasteiger partial charge >= 0.3 is 0 Å². The van der Waals surface area contributed by atoms with Crippen molar-refractivity contribution in [3.63, 3.8) is 0 Å². The summed E-state index contributed by atoms with van der Waals surface area (Å²) in [5.74, 6) is 0.0957. The minimum Gasteiger partial charge on any atom is -0.384 e. The number of ether oxygens (including phenoxy) is 1. The van der Waals surface area contributed by atoms with Crippen molar-refractivity contribution >= 4 is 21.8 Å². The van der Waals surface area contributed by atoms with E-state index in [0.717, 1.165) is 36.0 Å². The monoisotopic (exact) mass is 354 g/mol. The van der Waals surface area contributed by atoms with E-state index in [1.54, 1.807) is 7.11 Å². The number of rotatable bonds is 5. The first-order valence-electron chi connectivity index (χ1n) is 7.33. The fourth-order valence-electron chi connectivity index (χ4n) is 2.83. The summed E-state index contributed by atoms with van der Waals surface area (Å²) in [6.45, 7) is 4.22. The maximum atomic E-state index is 12.7. The topological polar surface area (TPSA) is 50.4 Å². The summed E-state index contributed by atoms with van der Waals surface area (Å²) >= 11 is 3.47. The third-order valence-corrected chi connectivity index (χ3v) is 4.65. The summed E-state index contributed by atoms with van der Waals surface area (Å²) in [7, 11) is 1.66. The Morgan fingerprint density at radius 2 is 2.19 bits per heavy atom. The van der Waals surface area contributed by atoms with Crippen LogP contribution in [0.4, 0.5) is 0 Å². The number of hydrogen-bond donors (Lipinski definition) is 2. The molecule has 1 heterocycles. The first-order chi connectivity index (χ1) is 10.1. The van der Waals surface area contributed by atoms with E-state index in [0.29, 0.717) is 6.61 Å². The van der Waals surface area contributed by atoms with Crippen LogP contribution in [0.15, 0.2) is 28.7 Å². The van der Waals surface area contributed by atoms with Crippen molar-refractivity contribution in [1.29, 1.82) is 0 Å². The van der Waals surface area contributed by atoms with Crippen LogP contribution in [0, 0.1) is 5.41 Å². The Bertz CT molecular complexity index is 481. The van der Waals surface area contributed by atoms with Gasteiger partial charge in [-0.05, 0) is 50.6 Å². The van der Waals surface area contributed by atoms with Crippen LogP contribution >= 0.6 is 15.9 Å². The molecule has 1 aliphatic heterocycles. The van der Waals surface area contributed by atoms with Gasteiger partial charge in [0.1, 0.15) is 0 Å². The maximum absolute atomic E-state index is 12.7. The van der Waals surface area contributed by atoms with E-state index in [9.17, 15) is 4.79 Å². The summed E-state index contributed by atoms with van der Waals surface area (Å²) in [6, 6.07) is 8.02. The van der Waals surface area contributed by atoms with Gasteiger partial charge in [0.05, 0.1) is 18.1 Å². The summed E-state index contributed by atoms with van der Waals surface area (Å²) in [5, 5.41) is 6.45. The number of hydrogen-bond acceptors (Lipinski definition) is 3. The second-order valence-electron chi connectivity index (χ2n) is 5.71. The van der Waals surface area contributed by atoms with Gasteiger partial charge in [-0.1, -0.05) is 28.1 Å². The third-order valence-electron chi connectivity index (χ3n) is 4.16. The number of carbonyl (C=O) groups excluding carboxylic acids is 1. The highest BCUT2D eigenvalue weighted by atomic mass is 79.9. The number of piperidine rings is 1. The zero-order valence-corrected chi connectivity index (χ0v) is 14.2. The maximum Gasteiger partial charge on any atom is 0.229 e. The van der Waals surface area contributed by atoms with Gasteiger partial charge in [0.15, 0.2) is 0 Å². The zero-order valence-electron chi connectivity index (χ0n) is 12.6. The average molecular weight is 355 g/mol. The molecular weight excluding hydrogens is 332 g/mol. The molecule has 1 aliphatic rings. The lowest BCUT2D eigenvalue weighted by atomic mass is 9.78. The highest BCUT2D eigenvalue weighted by Gasteiger charge is 2.40. The van der Waals surface area contributed by atoms with Crippen molar-refractivity contribution in [3.05, 3.63) is 34.3 Å². The molecule has 2 rings (SSSR count). The fraction of sp³-hybridized carbons (Fsp3) is 0.562. The Balaban J connectivity index is 2.07. The predicted molar refractivity (Wildman–Crippen MR) is 87.1 cm³/mol. The quantitative estimate of drug-likeness (QED) is 0.854. The molecule has 0 radical (unpaired) electrons. The van der Waals surface area contributed by atoms with Gasteiger partial charge in [0, 0.05) is 11.6 Å². The van der Waals surface area contributed by atoms with E-state index >= 15 is 0 Å². The van der Waals surface area contributed by atoms with Gasteiger partial charge in [0.25, 0.3) is 0 Å². The van der Waals surface area contributed by atoms with Gasteiger partial charge in [-0.15, -0.1) is 0 Å². The van der Waals surface area contributed by atoms with Gasteiger partial charge in [-0.2, -0.15) is 0 Å². The Kier molecular flexibility index (Phi) is 5.79. The molecule has 0 aliphatic carbocycles. The zero-order chi connectivity index (χ0) is 15.3. The van der Waals surface area contributed by atoms with Gasteiger partial charge in [-0.25, -0.2) is 0 Å². The van der Waals surface area contributed by atoms with Crippen LogP contribution in [0.2, 0.25) is 0 Å². The predicted octanol–water partition coefficient (Wildman–Crippen LogP) is 2.64. The van der Waals surface area contributed by atoms with Crippen LogP contribution in [-0.4, -0.2) is 32.7 Å². The van der Waals surface area contributed by atoms with Crippen LogP contribution in [-0.2, 0) is 9.53 Å². The van der Waals surface area contributed by atoms with Crippen LogP contribution in [0.5, 0.6) is 0 Å². The summed E-state index contributed by atoms with van der Waals surface area (Å²) in [4.78, 5) is 12.7. The number of methoxy groups -OCH3 is 1. The molecule has 1 aromatic carbocycles. The summed E-state index contributed by atoms with van der Waals surface area (Å²) in [5.41, 5.74) is 0.694. The van der Waals surface area contributed by atoms with Gasteiger partial charge in [-0.3, -0.25) is 4.79 Å². The molecule has 0 aromatic heterocycles. The molecule has 2 N–H and O–H groups in total. The van der Waals surface area contributed by atoms with Crippen molar-refractivity contribution in [3.8, 4) is 0 Å². The second kappa shape index (κ2) is 7.38. The van der Waals surface area contributed by atoms with Crippen molar-refractivity contribution in [2.45, 2.75) is 25.8 Å². The highest BCUT2D eigenvalue weighted by molar-refractivity contribution is 9.10. The van der Waals surface area contributed by atoms with E-state index in [4.69, 9.17) is 4.74 Å². The van der Waals surface area contributed by atoms with Crippen molar-refractivity contribution in [2.75, 3.05) is 26.8 Å². The number of carbonyl (C=O) groups is 1. The highest BCUT2D eigenvalue weighted by Crippen LogP contribution is 2.30. The van der Waals surface area contributed by atoms with E-state index < -0.39 is 5.41 Å². The molecule has 4 nitrogen and oxygen atoms in total. The fourth-order valence-corrected chi connectivity index (χ4v) is 3.24. The van der Waals surface area contributed by atoms with E-state index in [1.807, 2.05) is 31.2 Å². The molecule has 0 spiro atoms. The molecular formula is C16H23BrN2O2. The molecule has 1 saturated heterocycles. The van der Waals surface area contributed by atoms with Crippen LogP contribution in [0.3, 0.4) is 0 Å². The van der Waals surface area contributed by atoms with Gasteiger partial charge in [0.2, 0.25) is 5.91 Å². The Labute approximate surface area is 134 Å². The standard InChI is InChI=1S/C16H23BrN2O2/c1-12(13-4-3-5-14(17)10-13)19-15(20)16(11-21-2)6-8-18-9-7-16/h3-5,10,12,18H,6-9,11H2,1-2H3,(H,19,20)/t12-/m0/s1. The normalized spacial score (nSPS) is 19.0. The molecule has 21 heavy (non-hydrogen) atoms. The minimum absolute atomic E-state index is 0.0152. The summed E-state index contributed by atoms with van der Waals surface area (Å²) in [6.07, 6.45) is 1.63. The molecule has 1 aromatic rings. The Hall–Kier alpha value is -0.910. The van der Waals surface area contributed by atoms with E-state index in [2.05, 4.69) is 26.6 Å². The Morgan fingerprint density at radius 3 is 2.81 bits per heavy atom. The largest absolute Gasteiger partial charge is 0.384 e. The second-order valence-corrected chi connectivity index (χ2v) is 6.63. The molecule has 1 atom stereocenters. The number of nitrogens with one attached hydrogen (secondary N) is 2. The molecule has 0 unspecified atom stereocenters. The lowest BCUT2D eigenvalue weighted by molar-refractivity contribution is -0.136. The number of amides is 1. The van der Waals surface area contributed by atoms with E-state index in [-0.39, 0.29) is 11.9 Å². The lowest BCUT2D eigenvalue weighted by Gasteiger charge is -2.36. The first-order valence-corrected chi connectivity index (χ1v) is 8.13. The van der Waals surface area contributed by atoms with Crippen molar-refractivity contribution < 1.29 is 9.53 Å². The van der Waals surface area contributed by atoms with Crippen LogP contribution in [0.1, 0.15) is 31.4 Å². The molecule has 1 amide bonds. The number of benzene rings is 1. The van der Waals surface area contributed by atoms with Crippen molar-refractivity contribution in [2.24, 2.45) is 5.41 Å². The molecule has 0 saturated carbocycles. The van der Waals surface area contributed by atoms with Crippen molar-refractivity contribution in [1.82, 2.24) is 10.6 Å². The van der Waals surface area contributed by atoms with Crippen LogP contribution < -0.4 is 10.6 Å². The Morgan fingerprint density at radius 1 is 1.48 bits per heavy atom.